The molecule has 0 heterocycles. The van der Waals surface area contributed by atoms with E-state index in [0.29, 0.717) is 6.04 Å². The molecule has 3 heteroatoms. The molecule has 0 aliphatic rings. The van der Waals surface area contributed by atoms with E-state index in [1.807, 2.05) is 13.0 Å². The van der Waals surface area contributed by atoms with Crippen molar-refractivity contribution in [2.75, 3.05) is 4.43 Å². The van der Waals surface area contributed by atoms with Crippen LogP contribution in [0.2, 0.25) is 0 Å². The summed E-state index contributed by atoms with van der Waals surface area (Å²) in [4.78, 5) is 0. The first kappa shape index (κ1) is 19.0. The lowest BCUT2D eigenvalue weighted by atomic mass is 9.93. The summed E-state index contributed by atoms with van der Waals surface area (Å²) >= 11 is 2.34. The van der Waals surface area contributed by atoms with Crippen LogP contribution in [0, 0.1) is 5.92 Å². The van der Waals surface area contributed by atoms with Gasteiger partial charge in [0.1, 0.15) is 0 Å². The van der Waals surface area contributed by atoms with Gasteiger partial charge in [-0.2, -0.15) is 0 Å². The Labute approximate surface area is 137 Å². The molecule has 0 unspecified atom stereocenters. The Kier molecular flexibility index (Phi) is 9.38. The quantitative estimate of drug-likeness (QED) is 0.266. The summed E-state index contributed by atoms with van der Waals surface area (Å²) in [7, 11) is 0. The molecule has 1 atom stereocenters. The van der Waals surface area contributed by atoms with Gasteiger partial charge in [0.25, 0.3) is 0 Å². The minimum Gasteiger partial charge on any atom is -0.401 e. The molecule has 0 fully saturated rings. The highest BCUT2D eigenvalue weighted by atomic mass is 127. The number of nitrogens with two attached hydrogens (primary N) is 1. The van der Waals surface area contributed by atoms with Crippen LogP contribution in [0.3, 0.4) is 0 Å². The van der Waals surface area contributed by atoms with Crippen molar-refractivity contribution in [2.24, 2.45) is 11.7 Å². The predicted octanol–water partition coefficient (Wildman–Crippen LogP) is 4.47. The van der Waals surface area contributed by atoms with E-state index < -0.39 is 0 Å². The molecule has 0 aromatic rings. The van der Waals surface area contributed by atoms with E-state index in [2.05, 4.69) is 67.6 Å². The number of rotatable bonds is 9. The minimum atomic E-state index is 0.0835. The monoisotopic (exact) mass is 386 g/mol. The van der Waals surface area contributed by atoms with Crippen LogP contribution in [0.5, 0.6) is 0 Å². The zero-order valence-electron chi connectivity index (χ0n) is 12.9. The van der Waals surface area contributed by atoms with Gasteiger partial charge >= 0.3 is 0 Å². The Morgan fingerprint density at radius 3 is 2.30 bits per heavy atom. The van der Waals surface area contributed by atoms with Crippen LogP contribution in [-0.2, 0) is 0 Å². The molecule has 0 bridgehead atoms. The normalized spacial score (nSPS) is 14.6. The lowest BCUT2D eigenvalue weighted by molar-refractivity contribution is 0.605. The highest BCUT2D eigenvalue weighted by Crippen LogP contribution is 2.23. The lowest BCUT2D eigenvalue weighted by Gasteiger charge is -2.21. The second-order valence-electron chi connectivity index (χ2n) is 5.08. The van der Waals surface area contributed by atoms with Gasteiger partial charge in [-0.15, -0.1) is 6.58 Å². The third-order valence-corrected chi connectivity index (χ3v) is 3.34. The summed E-state index contributed by atoms with van der Waals surface area (Å²) in [5.74, 6) is 0.0835. The molecule has 0 aromatic heterocycles. The molecule has 112 valence electrons. The van der Waals surface area contributed by atoms with Gasteiger partial charge in [-0.1, -0.05) is 54.0 Å². The maximum absolute atomic E-state index is 6.28. The molecule has 2 nitrogen and oxygen atoms in total. The molecule has 0 amide bonds. The highest BCUT2D eigenvalue weighted by molar-refractivity contribution is 14.1. The average molecular weight is 386 g/mol. The van der Waals surface area contributed by atoms with E-state index in [0.717, 1.165) is 27.7 Å². The summed E-state index contributed by atoms with van der Waals surface area (Å²) in [6, 6.07) is 0.403. The van der Waals surface area contributed by atoms with Crippen molar-refractivity contribution >= 4 is 22.6 Å². The van der Waals surface area contributed by atoms with Gasteiger partial charge in [-0.3, -0.25) is 0 Å². The Balaban J connectivity index is 5.27. The summed E-state index contributed by atoms with van der Waals surface area (Å²) in [5, 5.41) is 3.47. The average Bonchev–Trinajstić information content (AvgIpc) is 2.35. The number of alkyl halides is 1. The number of nitrogens with one attached hydrogen (secondary N) is 1. The number of halogens is 1. The molecule has 0 spiro atoms. The van der Waals surface area contributed by atoms with Gasteiger partial charge in [0.05, 0.1) is 0 Å². The van der Waals surface area contributed by atoms with Crippen LogP contribution >= 0.6 is 22.6 Å². The molecule has 0 saturated heterocycles. The largest absolute Gasteiger partial charge is 0.401 e. The van der Waals surface area contributed by atoms with Crippen LogP contribution in [-0.4, -0.2) is 10.5 Å². The number of allylic oxidation sites excluding steroid dienone is 6. The van der Waals surface area contributed by atoms with Crippen LogP contribution in [0.15, 0.2) is 60.5 Å². The van der Waals surface area contributed by atoms with Gasteiger partial charge in [0, 0.05) is 27.8 Å². The van der Waals surface area contributed by atoms with Crippen molar-refractivity contribution in [3.8, 4) is 0 Å². The molecule has 0 radical (unpaired) electrons. The third kappa shape index (κ3) is 6.46. The maximum Gasteiger partial charge on any atom is 0.0230 e. The molecular weight excluding hydrogens is 359 g/mol. The first-order chi connectivity index (χ1) is 9.37. The van der Waals surface area contributed by atoms with Gasteiger partial charge in [0.15, 0.2) is 0 Å². The van der Waals surface area contributed by atoms with Crippen molar-refractivity contribution in [3.63, 3.8) is 0 Å². The van der Waals surface area contributed by atoms with Gasteiger partial charge in [-0.25, -0.2) is 0 Å². The van der Waals surface area contributed by atoms with Crippen molar-refractivity contribution in [1.82, 2.24) is 5.32 Å². The molecule has 0 aromatic carbocycles. The summed E-state index contributed by atoms with van der Waals surface area (Å²) in [5.41, 5.74) is 10.1. The maximum atomic E-state index is 6.28. The van der Waals surface area contributed by atoms with Crippen molar-refractivity contribution in [1.29, 1.82) is 0 Å². The van der Waals surface area contributed by atoms with Crippen LogP contribution < -0.4 is 11.1 Å². The standard InChI is InChI=1S/C17H27IN2/c1-7-14(17(19)16(8-2)12(3)4)11-15(9-10-18)20-13(5)6/h7-9,13-14,20H,1-3,10-11,19H2,4-6H3/b15-9+,17-16+/t14-/m0/s1. The second-order valence-corrected chi connectivity index (χ2v) is 5.96. The molecule has 0 aliphatic heterocycles. The van der Waals surface area contributed by atoms with E-state index in [4.69, 9.17) is 5.73 Å². The molecule has 3 N–H and O–H groups in total. The van der Waals surface area contributed by atoms with Crippen LogP contribution in [0.1, 0.15) is 27.2 Å². The van der Waals surface area contributed by atoms with E-state index in [9.17, 15) is 0 Å². The summed E-state index contributed by atoms with van der Waals surface area (Å²) in [6.07, 6.45) is 6.68. The van der Waals surface area contributed by atoms with Crippen LogP contribution in [0.25, 0.3) is 0 Å². The Hall–Kier alpha value is -0.970. The number of hydrogen-bond donors (Lipinski definition) is 2. The van der Waals surface area contributed by atoms with Gasteiger partial charge in [0.2, 0.25) is 0 Å². The predicted molar refractivity (Wildman–Crippen MR) is 99.8 cm³/mol. The molecule has 0 saturated carbocycles. The molecule has 0 aliphatic carbocycles. The Morgan fingerprint density at radius 2 is 1.95 bits per heavy atom. The van der Waals surface area contributed by atoms with Gasteiger partial charge in [-0.05, 0) is 38.3 Å². The van der Waals surface area contributed by atoms with E-state index in [1.165, 1.54) is 5.70 Å². The topological polar surface area (TPSA) is 38.0 Å². The van der Waals surface area contributed by atoms with Gasteiger partial charge < -0.3 is 11.1 Å². The van der Waals surface area contributed by atoms with E-state index in [-0.39, 0.29) is 5.92 Å². The highest BCUT2D eigenvalue weighted by Gasteiger charge is 2.14. The van der Waals surface area contributed by atoms with E-state index >= 15 is 0 Å². The molecule has 0 rings (SSSR count). The fraction of sp³-hybridized carbons (Fsp3) is 0.412. The second kappa shape index (κ2) is 9.86. The Bertz CT molecular complexity index is 417. The Morgan fingerprint density at radius 1 is 1.35 bits per heavy atom. The fourth-order valence-electron chi connectivity index (χ4n) is 1.96. The van der Waals surface area contributed by atoms with Crippen molar-refractivity contribution in [3.05, 3.63) is 60.5 Å². The molecular formula is C17H27IN2. The first-order valence-corrected chi connectivity index (χ1v) is 8.31. The third-order valence-electron chi connectivity index (χ3n) is 2.90. The summed E-state index contributed by atoms with van der Waals surface area (Å²) < 4.78 is 0.967. The SMILES string of the molecule is C=C/C(C(=C)C)=C(\N)[C@@H](C=C)C/C(=C\CI)NC(C)C. The lowest BCUT2D eigenvalue weighted by Crippen LogP contribution is -2.25. The first-order valence-electron chi connectivity index (χ1n) is 6.79. The smallest absolute Gasteiger partial charge is 0.0230 e. The van der Waals surface area contributed by atoms with Crippen molar-refractivity contribution in [2.45, 2.75) is 33.2 Å². The number of hydrogen-bond acceptors (Lipinski definition) is 2. The minimum absolute atomic E-state index is 0.0835. The van der Waals surface area contributed by atoms with E-state index in [1.54, 1.807) is 6.08 Å². The summed E-state index contributed by atoms with van der Waals surface area (Å²) in [6.45, 7) is 17.9. The molecule has 20 heavy (non-hydrogen) atoms. The zero-order valence-corrected chi connectivity index (χ0v) is 15.0. The zero-order chi connectivity index (χ0) is 15.7. The van der Waals surface area contributed by atoms with Crippen LogP contribution in [0.4, 0.5) is 0 Å². The fourth-order valence-corrected chi connectivity index (χ4v) is 2.49. The van der Waals surface area contributed by atoms with Crippen molar-refractivity contribution < 1.29 is 0 Å².